The van der Waals surface area contributed by atoms with Gasteiger partial charge in [-0.25, -0.2) is 12.8 Å². The zero-order valence-electron chi connectivity index (χ0n) is 14.4. The van der Waals surface area contributed by atoms with Crippen LogP contribution >= 0.6 is 0 Å². The molecule has 0 unspecified atom stereocenters. The minimum atomic E-state index is -3.63. The summed E-state index contributed by atoms with van der Waals surface area (Å²) in [7, 11) is -3.63. The summed E-state index contributed by atoms with van der Waals surface area (Å²) in [6.45, 7) is 0.734. The Balaban J connectivity index is 1.50. The SMILES string of the molecule is O=S(=O)(c1ccc(F)cc1)N1CCC(c2nnnn2-c2ccccc2)CC1. The van der Waals surface area contributed by atoms with E-state index >= 15 is 0 Å². The number of para-hydroxylation sites is 1. The summed E-state index contributed by atoms with van der Waals surface area (Å²) >= 11 is 0. The lowest BCUT2D eigenvalue weighted by Crippen LogP contribution is -2.38. The van der Waals surface area contributed by atoms with Gasteiger partial charge in [0.1, 0.15) is 5.82 Å². The molecule has 0 atom stereocenters. The Morgan fingerprint density at radius 1 is 0.963 bits per heavy atom. The Morgan fingerprint density at radius 2 is 1.63 bits per heavy atom. The van der Waals surface area contributed by atoms with E-state index in [9.17, 15) is 12.8 Å². The van der Waals surface area contributed by atoms with Crippen LogP contribution in [0.4, 0.5) is 4.39 Å². The van der Waals surface area contributed by atoms with Gasteiger partial charge in [-0.15, -0.1) is 5.10 Å². The van der Waals surface area contributed by atoms with Crippen molar-refractivity contribution >= 4 is 10.0 Å². The number of halogens is 1. The highest BCUT2D eigenvalue weighted by Crippen LogP contribution is 2.30. The number of sulfonamides is 1. The van der Waals surface area contributed by atoms with Crippen molar-refractivity contribution in [2.24, 2.45) is 0 Å². The Morgan fingerprint density at radius 3 is 2.30 bits per heavy atom. The third-order valence-corrected chi connectivity index (χ3v) is 6.68. The van der Waals surface area contributed by atoms with Crippen molar-refractivity contribution in [1.29, 1.82) is 0 Å². The molecule has 0 amide bonds. The van der Waals surface area contributed by atoms with Crippen molar-refractivity contribution in [3.63, 3.8) is 0 Å². The van der Waals surface area contributed by atoms with Gasteiger partial charge in [-0.1, -0.05) is 18.2 Å². The molecule has 2 aromatic carbocycles. The molecular formula is C18H18FN5O2S. The van der Waals surface area contributed by atoms with Crippen molar-refractivity contribution < 1.29 is 12.8 Å². The highest BCUT2D eigenvalue weighted by molar-refractivity contribution is 7.89. The smallest absolute Gasteiger partial charge is 0.207 e. The van der Waals surface area contributed by atoms with Crippen molar-refractivity contribution in [1.82, 2.24) is 24.5 Å². The van der Waals surface area contributed by atoms with E-state index < -0.39 is 15.8 Å². The minimum Gasteiger partial charge on any atom is -0.207 e. The molecule has 1 aliphatic heterocycles. The molecule has 1 fully saturated rings. The monoisotopic (exact) mass is 387 g/mol. The van der Waals surface area contributed by atoms with Gasteiger partial charge in [0.05, 0.1) is 10.6 Å². The number of tetrazole rings is 1. The van der Waals surface area contributed by atoms with Gasteiger partial charge in [0.15, 0.2) is 5.82 Å². The number of nitrogens with zero attached hydrogens (tertiary/aromatic N) is 5. The van der Waals surface area contributed by atoms with Gasteiger partial charge < -0.3 is 0 Å². The Hall–Kier alpha value is -2.65. The molecule has 3 aromatic rings. The first-order valence-electron chi connectivity index (χ1n) is 8.65. The first-order valence-corrected chi connectivity index (χ1v) is 10.1. The van der Waals surface area contributed by atoms with Crippen LogP contribution in [0.2, 0.25) is 0 Å². The maximum absolute atomic E-state index is 13.1. The summed E-state index contributed by atoms with van der Waals surface area (Å²) in [4.78, 5) is 0.108. The van der Waals surface area contributed by atoms with Gasteiger partial charge in [-0.2, -0.15) is 8.99 Å². The molecule has 0 saturated carbocycles. The molecule has 9 heteroatoms. The number of aromatic nitrogens is 4. The molecule has 0 aliphatic carbocycles. The highest BCUT2D eigenvalue weighted by Gasteiger charge is 2.32. The number of benzene rings is 2. The molecule has 140 valence electrons. The summed E-state index contributed by atoms with van der Waals surface area (Å²) in [5, 5.41) is 12.0. The van der Waals surface area contributed by atoms with Crippen LogP contribution in [0.5, 0.6) is 0 Å². The molecule has 1 saturated heterocycles. The Kier molecular flexibility index (Phi) is 4.71. The summed E-state index contributed by atoms with van der Waals surface area (Å²) < 4.78 is 41.7. The van der Waals surface area contributed by atoms with Crippen molar-refractivity contribution in [2.45, 2.75) is 23.7 Å². The van der Waals surface area contributed by atoms with Crippen molar-refractivity contribution in [3.05, 3.63) is 66.2 Å². The average molecular weight is 387 g/mol. The van der Waals surface area contributed by atoms with Crippen molar-refractivity contribution in [3.8, 4) is 5.69 Å². The van der Waals surface area contributed by atoms with E-state index in [1.54, 1.807) is 4.68 Å². The quantitative estimate of drug-likeness (QED) is 0.687. The zero-order chi connectivity index (χ0) is 18.9. The Bertz CT molecular complexity index is 1010. The van der Waals surface area contributed by atoms with Crippen LogP contribution in [-0.4, -0.2) is 46.0 Å². The van der Waals surface area contributed by atoms with Gasteiger partial charge in [-0.05, 0) is 59.7 Å². The molecule has 2 heterocycles. The summed E-state index contributed by atoms with van der Waals surface area (Å²) in [6.07, 6.45) is 1.24. The van der Waals surface area contributed by atoms with Crippen LogP contribution in [0.25, 0.3) is 5.69 Å². The van der Waals surface area contributed by atoms with Crippen LogP contribution in [0.3, 0.4) is 0 Å². The van der Waals surface area contributed by atoms with Crippen LogP contribution < -0.4 is 0 Å². The zero-order valence-corrected chi connectivity index (χ0v) is 15.3. The predicted molar refractivity (Wildman–Crippen MR) is 96.3 cm³/mol. The predicted octanol–water partition coefficient (Wildman–Crippen LogP) is 2.37. The van der Waals surface area contributed by atoms with Gasteiger partial charge in [0.25, 0.3) is 0 Å². The fraction of sp³-hybridized carbons (Fsp3) is 0.278. The van der Waals surface area contributed by atoms with Crippen LogP contribution in [0.15, 0.2) is 59.5 Å². The van der Waals surface area contributed by atoms with E-state index in [4.69, 9.17) is 0 Å². The molecule has 0 N–H and O–H groups in total. The van der Waals surface area contributed by atoms with E-state index in [1.807, 2.05) is 30.3 Å². The lowest BCUT2D eigenvalue weighted by Gasteiger charge is -2.30. The number of hydrogen-bond acceptors (Lipinski definition) is 5. The molecule has 1 aliphatic rings. The normalized spacial score (nSPS) is 16.5. The second-order valence-corrected chi connectivity index (χ2v) is 8.35. The maximum atomic E-state index is 13.1. The fourth-order valence-corrected chi connectivity index (χ4v) is 4.78. The molecule has 1 aromatic heterocycles. The molecule has 0 spiro atoms. The molecule has 0 bridgehead atoms. The van der Waals surface area contributed by atoms with Crippen LogP contribution in [0, 0.1) is 5.82 Å². The second kappa shape index (κ2) is 7.16. The number of rotatable bonds is 4. The topological polar surface area (TPSA) is 81.0 Å². The average Bonchev–Trinajstić information content (AvgIpc) is 3.19. The standard InChI is InChI=1S/C18H18FN5O2S/c19-15-6-8-17(9-7-15)27(25,26)23-12-10-14(11-13-23)18-20-21-22-24(18)16-4-2-1-3-5-16/h1-9,14H,10-13H2. The first kappa shape index (κ1) is 17.7. The van der Waals surface area contributed by atoms with Gasteiger partial charge in [-0.3, -0.25) is 0 Å². The fourth-order valence-electron chi connectivity index (χ4n) is 3.31. The molecule has 4 rings (SSSR count). The molecular weight excluding hydrogens is 369 g/mol. The van der Waals surface area contributed by atoms with Gasteiger partial charge >= 0.3 is 0 Å². The number of piperidine rings is 1. The molecule has 27 heavy (non-hydrogen) atoms. The summed E-state index contributed by atoms with van der Waals surface area (Å²) in [5.74, 6) is 0.348. The summed E-state index contributed by atoms with van der Waals surface area (Å²) in [5.41, 5.74) is 0.874. The van der Waals surface area contributed by atoms with Crippen LogP contribution in [0.1, 0.15) is 24.6 Å². The molecule has 7 nitrogen and oxygen atoms in total. The van der Waals surface area contributed by atoms with E-state index in [2.05, 4.69) is 15.5 Å². The lowest BCUT2D eigenvalue weighted by molar-refractivity contribution is 0.311. The third kappa shape index (κ3) is 3.47. The maximum Gasteiger partial charge on any atom is 0.243 e. The highest BCUT2D eigenvalue weighted by atomic mass is 32.2. The van der Waals surface area contributed by atoms with Gasteiger partial charge in [0.2, 0.25) is 10.0 Å². The summed E-state index contributed by atoms with van der Waals surface area (Å²) in [6, 6.07) is 14.5. The van der Waals surface area contributed by atoms with Crippen molar-refractivity contribution in [2.75, 3.05) is 13.1 Å². The largest absolute Gasteiger partial charge is 0.243 e. The van der Waals surface area contributed by atoms with E-state index in [0.29, 0.717) is 25.9 Å². The second-order valence-electron chi connectivity index (χ2n) is 6.42. The third-order valence-electron chi connectivity index (χ3n) is 4.76. The van der Waals surface area contributed by atoms with Crippen LogP contribution in [-0.2, 0) is 10.0 Å². The lowest BCUT2D eigenvalue weighted by atomic mass is 9.97. The Labute approximate surface area is 156 Å². The number of hydrogen-bond donors (Lipinski definition) is 0. The van der Waals surface area contributed by atoms with Gasteiger partial charge in [0, 0.05) is 19.0 Å². The van der Waals surface area contributed by atoms with E-state index in [-0.39, 0.29) is 10.8 Å². The van der Waals surface area contributed by atoms with E-state index in [0.717, 1.165) is 23.6 Å². The first-order chi connectivity index (χ1) is 13.1. The minimum absolute atomic E-state index is 0.0693. The van der Waals surface area contributed by atoms with E-state index in [1.165, 1.54) is 16.4 Å². The molecule has 0 radical (unpaired) electrons.